The van der Waals surface area contributed by atoms with Gasteiger partial charge in [0, 0.05) is 10.9 Å². The number of thiophene rings is 1. The summed E-state index contributed by atoms with van der Waals surface area (Å²) in [6.07, 6.45) is 0.892. The Balaban J connectivity index is 2.06. The van der Waals surface area contributed by atoms with Crippen molar-refractivity contribution in [3.05, 3.63) is 40.0 Å². The molecule has 0 aliphatic carbocycles. The van der Waals surface area contributed by atoms with Crippen LogP contribution in [0.3, 0.4) is 0 Å². The van der Waals surface area contributed by atoms with Crippen molar-refractivity contribution in [3.63, 3.8) is 0 Å². The zero-order valence-electron chi connectivity index (χ0n) is 11.1. The van der Waals surface area contributed by atoms with Gasteiger partial charge < -0.3 is 10.5 Å². The van der Waals surface area contributed by atoms with E-state index < -0.39 is 5.82 Å². The molecule has 7 heteroatoms. The Bertz CT molecular complexity index is 821. The van der Waals surface area contributed by atoms with Crippen molar-refractivity contribution in [3.8, 4) is 11.6 Å². The Morgan fingerprint density at radius 2 is 2.14 bits per heavy atom. The predicted octanol–water partition coefficient (Wildman–Crippen LogP) is 4.42. The van der Waals surface area contributed by atoms with Crippen LogP contribution in [0.1, 0.15) is 11.8 Å². The van der Waals surface area contributed by atoms with Gasteiger partial charge in [-0.25, -0.2) is 9.37 Å². The van der Waals surface area contributed by atoms with Crippen LogP contribution in [0.15, 0.2) is 24.3 Å². The summed E-state index contributed by atoms with van der Waals surface area (Å²) in [4.78, 5) is 10.2. The van der Waals surface area contributed by atoms with E-state index in [4.69, 9.17) is 22.1 Å². The average molecular weight is 324 g/mol. The minimum absolute atomic E-state index is 0.00895. The van der Waals surface area contributed by atoms with E-state index in [-0.39, 0.29) is 11.0 Å². The van der Waals surface area contributed by atoms with Crippen LogP contribution in [0.2, 0.25) is 5.02 Å². The summed E-state index contributed by atoms with van der Waals surface area (Å²) in [6, 6.07) is 6.09. The van der Waals surface area contributed by atoms with Gasteiger partial charge in [-0.15, -0.1) is 11.3 Å². The maximum absolute atomic E-state index is 13.2. The number of nitrogen functional groups attached to an aromatic ring is 1. The fourth-order valence-corrected chi connectivity index (χ4v) is 3.00. The van der Waals surface area contributed by atoms with Crippen LogP contribution in [0.25, 0.3) is 10.2 Å². The van der Waals surface area contributed by atoms with E-state index in [1.54, 1.807) is 11.3 Å². The zero-order chi connectivity index (χ0) is 15.0. The third-order valence-electron chi connectivity index (χ3n) is 2.88. The molecule has 0 bridgehead atoms. The maximum Gasteiger partial charge on any atom is 0.232 e. The zero-order valence-corrected chi connectivity index (χ0v) is 12.6. The number of aryl methyl sites for hydroxylation is 1. The Hall–Kier alpha value is -1.92. The normalized spacial score (nSPS) is 11.0. The Kier molecular flexibility index (Phi) is 3.65. The van der Waals surface area contributed by atoms with Crippen LogP contribution in [0.5, 0.6) is 11.6 Å². The van der Waals surface area contributed by atoms with E-state index in [2.05, 4.69) is 16.9 Å². The van der Waals surface area contributed by atoms with Crippen LogP contribution < -0.4 is 10.5 Å². The SMILES string of the molecule is CCc1cc2c(Oc3ccc(F)c(Cl)c3)nc(N)nc2s1. The molecule has 0 atom stereocenters. The van der Waals surface area contributed by atoms with Gasteiger partial charge in [-0.3, -0.25) is 0 Å². The third-order valence-corrected chi connectivity index (χ3v) is 4.34. The number of benzene rings is 1. The first-order valence-corrected chi connectivity index (χ1v) is 7.45. The number of nitrogens with zero attached hydrogens (tertiary/aromatic N) is 2. The lowest BCUT2D eigenvalue weighted by molar-refractivity contribution is 0.467. The molecular formula is C14H11ClFN3OS. The van der Waals surface area contributed by atoms with Gasteiger partial charge in [0.1, 0.15) is 16.4 Å². The smallest absolute Gasteiger partial charge is 0.232 e. The van der Waals surface area contributed by atoms with Gasteiger partial charge in [-0.05, 0) is 24.6 Å². The molecule has 0 aliphatic heterocycles. The average Bonchev–Trinajstić information content (AvgIpc) is 2.86. The number of ether oxygens (including phenoxy) is 1. The van der Waals surface area contributed by atoms with Crippen molar-refractivity contribution in [2.75, 3.05) is 5.73 Å². The molecule has 108 valence electrons. The van der Waals surface area contributed by atoms with Crippen LogP contribution in [0.4, 0.5) is 10.3 Å². The Morgan fingerprint density at radius 3 is 2.86 bits per heavy atom. The summed E-state index contributed by atoms with van der Waals surface area (Å²) in [7, 11) is 0. The summed E-state index contributed by atoms with van der Waals surface area (Å²) >= 11 is 7.29. The molecule has 0 spiro atoms. The van der Waals surface area contributed by atoms with Gasteiger partial charge in [0.2, 0.25) is 11.8 Å². The van der Waals surface area contributed by atoms with Crippen molar-refractivity contribution >= 4 is 39.1 Å². The number of hydrogen-bond donors (Lipinski definition) is 1. The maximum atomic E-state index is 13.2. The first-order chi connectivity index (χ1) is 10.1. The number of halogens is 2. The highest BCUT2D eigenvalue weighted by molar-refractivity contribution is 7.18. The summed E-state index contributed by atoms with van der Waals surface area (Å²) in [5.41, 5.74) is 5.70. The van der Waals surface area contributed by atoms with Crippen molar-refractivity contribution in [2.45, 2.75) is 13.3 Å². The highest BCUT2D eigenvalue weighted by Crippen LogP contribution is 2.34. The van der Waals surface area contributed by atoms with E-state index in [0.717, 1.165) is 21.5 Å². The molecule has 0 saturated carbocycles. The summed E-state index contributed by atoms with van der Waals surface area (Å²) in [5, 5.41) is 0.775. The molecule has 3 rings (SSSR count). The largest absolute Gasteiger partial charge is 0.438 e. The Labute approximate surface area is 129 Å². The van der Waals surface area contributed by atoms with E-state index in [9.17, 15) is 4.39 Å². The summed E-state index contributed by atoms with van der Waals surface area (Å²) in [6.45, 7) is 2.06. The van der Waals surface area contributed by atoms with Crippen LogP contribution in [-0.4, -0.2) is 9.97 Å². The second-order valence-corrected chi connectivity index (χ2v) is 5.87. The molecule has 0 fully saturated rings. The number of aromatic nitrogens is 2. The lowest BCUT2D eigenvalue weighted by Gasteiger charge is -2.07. The molecule has 0 amide bonds. The molecule has 4 nitrogen and oxygen atoms in total. The van der Waals surface area contributed by atoms with E-state index >= 15 is 0 Å². The van der Waals surface area contributed by atoms with Crippen molar-refractivity contribution in [2.24, 2.45) is 0 Å². The third kappa shape index (κ3) is 2.77. The number of fused-ring (bicyclic) bond motifs is 1. The number of nitrogens with two attached hydrogens (primary N) is 1. The fourth-order valence-electron chi connectivity index (χ4n) is 1.86. The predicted molar refractivity (Wildman–Crippen MR) is 82.7 cm³/mol. The van der Waals surface area contributed by atoms with Crippen LogP contribution in [-0.2, 0) is 6.42 Å². The minimum atomic E-state index is -0.500. The number of anilines is 1. The molecule has 0 saturated heterocycles. The lowest BCUT2D eigenvalue weighted by Crippen LogP contribution is -1.97. The lowest BCUT2D eigenvalue weighted by atomic mass is 10.3. The van der Waals surface area contributed by atoms with Crippen molar-refractivity contribution < 1.29 is 9.13 Å². The van der Waals surface area contributed by atoms with E-state index in [0.29, 0.717) is 11.6 Å². The summed E-state index contributed by atoms with van der Waals surface area (Å²) in [5.74, 6) is 0.372. The summed E-state index contributed by atoms with van der Waals surface area (Å²) < 4.78 is 18.9. The standard InChI is InChI=1S/C14H11ClFN3OS/c1-2-8-6-9-12(18-14(17)19-13(9)21-8)20-7-3-4-11(16)10(15)5-7/h3-6H,2H2,1H3,(H2,17,18,19). The van der Waals surface area contributed by atoms with Crippen LogP contribution >= 0.6 is 22.9 Å². The first kappa shape index (κ1) is 14.0. The molecule has 2 aromatic heterocycles. The molecular weight excluding hydrogens is 313 g/mol. The molecule has 2 heterocycles. The number of hydrogen-bond acceptors (Lipinski definition) is 5. The van der Waals surface area contributed by atoms with Gasteiger partial charge >= 0.3 is 0 Å². The molecule has 1 aromatic carbocycles. The Morgan fingerprint density at radius 1 is 1.33 bits per heavy atom. The molecule has 0 unspecified atom stereocenters. The molecule has 2 N–H and O–H groups in total. The number of rotatable bonds is 3. The van der Waals surface area contributed by atoms with Gasteiger partial charge in [0.05, 0.1) is 10.4 Å². The van der Waals surface area contributed by atoms with Gasteiger partial charge in [0.15, 0.2) is 0 Å². The topological polar surface area (TPSA) is 61.0 Å². The molecule has 0 radical (unpaired) electrons. The fraction of sp³-hybridized carbons (Fsp3) is 0.143. The minimum Gasteiger partial charge on any atom is -0.438 e. The quantitative estimate of drug-likeness (QED) is 0.775. The molecule has 21 heavy (non-hydrogen) atoms. The van der Waals surface area contributed by atoms with E-state index in [1.165, 1.54) is 18.2 Å². The molecule has 3 aromatic rings. The van der Waals surface area contributed by atoms with Gasteiger partial charge in [0.25, 0.3) is 0 Å². The molecule has 0 aliphatic rings. The van der Waals surface area contributed by atoms with Crippen LogP contribution in [0, 0.1) is 5.82 Å². The second-order valence-electron chi connectivity index (χ2n) is 4.35. The second kappa shape index (κ2) is 5.46. The van der Waals surface area contributed by atoms with Crippen molar-refractivity contribution in [1.82, 2.24) is 9.97 Å². The highest BCUT2D eigenvalue weighted by atomic mass is 35.5. The van der Waals surface area contributed by atoms with Gasteiger partial charge in [-0.2, -0.15) is 4.98 Å². The van der Waals surface area contributed by atoms with Crippen molar-refractivity contribution in [1.29, 1.82) is 0 Å². The monoisotopic (exact) mass is 323 g/mol. The van der Waals surface area contributed by atoms with Gasteiger partial charge in [-0.1, -0.05) is 18.5 Å². The van der Waals surface area contributed by atoms with E-state index in [1.807, 2.05) is 6.07 Å². The highest BCUT2D eigenvalue weighted by Gasteiger charge is 2.13. The first-order valence-electron chi connectivity index (χ1n) is 6.25.